The normalized spacial score (nSPS) is 10.9. The van der Waals surface area contributed by atoms with Crippen LogP contribution < -0.4 is 11.5 Å². The summed E-state index contributed by atoms with van der Waals surface area (Å²) in [5.41, 5.74) is 13.4. The first-order valence-corrected chi connectivity index (χ1v) is 5.44. The van der Waals surface area contributed by atoms with Gasteiger partial charge in [0.05, 0.1) is 11.7 Å². The van der Waals surface area contributed by atoms with Crippen LogP contribution >= 0.6 is 0 Å². The van der Waals surface area contributed by atoms with Crippen LogP contribution in [0.25, 0.3) is 16.6 Å². The van der Waals surface area contributed by atoms with Gasteiger partial charge in [0.1, 0.15) is 5.69 Å². The van der Waals surface area contributed by atoms with Crippen molar-refractivity contribution >= 4 is 22.3 Å². The van der Waals surface area contributed by atoms with Crippen molar-refractivity contribution in [2.75, 3.05) is 11.5 Å². The predicted octanol–water partition coefficient (Wildman–Crippen LogP) is 2.33. The smallest absolute Gasteiger partial charge is 0.150 e. The van der Waals surface area contributed by atoms with Gasteiger partial charge in [0.25, 0.3) is 0 Å². The van der Waals surface area contributed by atoms with Gasteiger partial charge in [-0.1, -0.05) is 0 Å². The van der Waals surface area contributed by atoms with Crippen LogP contribution in [-0.4, -0.2) is 9.78 Å². The molecule has 3 aromatic rings. The van der Waals surface area contributed by atoms with E-state index in [0.29, 0.717) is 17.1 Å². The molecule has 0 amide bonds. The molecule has 0 radical (unpaired) electrons. The highest BCUT2D eigenvalue weighted by atomic mass is 19.1. The van der Waals surface area contributed by atoms with Crippen molar-refractivity contribution in [1.29, 1.82) is 0 Å². The van der Waals surface area contributed by atoms with E-state index in [2.05, 4.69) is 5.10 Å². The van der Waals surface area contributed by atoms with Crippen LogP contribution in [0, 0.1) is 5.82 Å². The van der Waals surface area contributed by atoms with Gasteiger partial charge in [-0.2, -0.15) is 5.10 Å². The van der Waals surface area contributed by atoms with Gasteiger partial charge in [0.2, 0.25) is 0 Å². The van der Waals surface area contributed by atoms with E-state index in [1.54, 1.807) is 30.5 Å². The zero-order chi connectivity index (χ0) is 12.7. The van der Waals surface area contributed by atoms with E-state index in [4.69, 9.17) is 11.5 Å². The van der Waals surface area contributed by atoms with Gasteiger partial charge in [0, 0.05) is 16.8 Å². The van der Waals surface area contributed by atoms with Crippen molar-refractivity contribution in [3.05, 3.63) is 48.4 Å². The zero-order valence-corrected chi connectivity index (χ0v) is 9.47. The average Bonchev–Trinajstić information content (AvgIpc) is 2.72. The molecule has 3 rings (SSSR count). The van der Waals surface area contributed by atoms with Crippen molar-refractivity contribution in [3.63, 3.8) is 0 Å². The Morgan fingerprint density at radius 1 is 1.00 bits per heavy atom. The molecule has 0 aliphatic heterocycles. The quantitative estimate of drug-likeness (QED) is 0.643. The van der Waals surface area contributed by atoms with Crippen molar-refractivity contribution in [3.8, 4) is 5.69 Å². The number of halogens is 1. The highest BCUT2D eigenvalue weighted by Gasteiger charge is 2.09. The molecular formula is C13H11FN4. The molecule has 0 saturated carbocycles. The van der Waals surface area contributed by atoms with E-state index in [-0.39, 0.29) is 0 Å². The minimum absolute atomic E-state index is 0.365. The molecule has 90 valence electrons. The number of nitrogen functional groups attached to an aromatic ring is 2. The van der Waals surface area contributed by atoms with Crippen LogP contribution in [0.1, 0.15) is 0 Å². The standard InChI is InChI=1S/C13H11FN4/c14-11-6-10(16)2-4-13(11)18-12-3-1-9(15)5-8(12)7-17-18/h1-7H,15-16H2. The Balaban J connectivity index is 2.25. The lowest BCUT2D eigenvalue weighted by Gasteiger charge is -2.06. The Kier molecular flexibility index (Phi) is 2.19. The van der Waals surface area contributed by atoms with Crippen LogP contribution in [0.15, 0.2) is 42.6 Å². The van der Waals surface area contributed by atoms with Crippen LogP contribution in [0.3, 0.4) is 0 Å². The fourth-order valence-corrected chi connectivity index (χ4v) is 1.94. The van der Waals surface area contributed by atoms with Gasteiger partial charge < -0.3 is 11.5 Å². The summed E-state index contributed by atoms with van der Waals surface area (Å²) in [6.07, 6.45) is 1.65. The number of nitrogens with two attached hydrogens (primary N) is 2. The minimum atomic E-state index is -0.406. The summed E-state index contributed by atoms with van der Waals surface area (Å²) in [5, 5.41) is 5.04. The second-order valence-corrected chi connectivity index (χ2v) is 4.09. The molecule has 0 aliphatic rings. The van der Waals surface area contributed by atoms with E-state index in [0.717, 1.165) is 10.9 Å². The van der Waals surface area contributed by atoms with E-state index in [9.17, 15) is 4.39 Å². The van der Waals surface area contributed by atoms with Gasteiger partial charge in [0.15, 0.2) is 5.82 Å². The van der Waals surface area contributed by atoms with Crippen molar-refractivity contribution in [2.24, 2.45) is 0 Å². The lowest BCUT2D eigenvalue weighted by Crippen LogP contribution is -2.00. The lowest BCUT2D eigenvalue weighted by molar-refractivity contribution is 0.614. The van der Waals surface area contributed by atoms with Crippen molar-refractivity contribution in [1.82, 2.24) is 9.78 Å². The number of rotatable bonds is 1. The van der Waals surface area contributed by atoms with Crippen LogP contribution in [0.2, 0.25) is 0 Å². The Bertz CT molecular complexity index is 733. The van der Waals surface area contributed by atoms with E-state index >= 15 is 0 Å². The number of hydrogen-bond donors (Lipinski definition) is 2. The summed E-state index contributed by atoms with van der Waals surface area (Å²) in [5.74, 6) is -0.406. The fraction of sp³-hybridized carbons (Fsp3) is 0. The maximum atomic E-state index is 13.9. The number of nitrogens with zero attached hydrogens (tertiary/aromatic N) is 2. The molecule has 1 aromatic heterocycles. The van der Waals surface area contributed by atoms with Gasteiger partial charge in [-0.3, -0.25) is 0 Å². The fourth-order valence-electron chi connectivity index (χ4n) is 1.94. The monoisotopic (exact) mass is 242 g/mol. The summed E-state index contributed by atoms with van der Waals surface area (Å²) < 4.78 is 15.4. The van der Waals surface area contributed by atoms with Crippen molar-refractivity contribution in [2.45, 2.75) is 0 Å². The predicted molar refractivity (Wildman–Crippen MR) is 69.9 cm³/mol. The Morgan fingerprint density at radius 3 is 2.50 bits per heavy atom. The van der Waals surface area contributed by atoms with Crippen LogP contribution in [0.4, 0.5) is 15.8 Å². The highest BCUT2D eigenvalue weighted by Crippen LogP contribution is 2.23. The van der Waals surface area contributed by atoms with Gasteiger partial charge in [-0.25, -0.2) is 9.07 Å². The Morgan fingerprint density at radius 2 is 1.72 bits per heavy atom. The molecule has 18 heavy (non-hydrogen) atoms. The van der Waals surface area contributed by atoms with E-state index in [1.165, 1.54) is 10.7 Å². The third-order valence-electron chi connectivity index (χ3n) is 2.79. The third-order valence-corrected chi connectivity index (χ3v) is 2.79. The van der Waals surface area contributed by atoms with Crippen molar-refractivity contribution < 1.29 is 4.39 Å². The SMILES string of the molecule is Nc1ccc(-n2ncc3cc(N)ccc32)c(F)c1. The molecule has 4 nitrogen and oxygen atoms in total. The molecule has 0 bridgehead atoms. The Hall–Kier alpha value is -2.56. The molecule has 0 atom stereocenters. The summed E-state index contributed by atoms with van der Waals surface area (Å²) in [6.45, 7) is 0. The maximum absolute atomic E-state index is 13.9. The summed E-state index contributed by atoms with van der Waals surface area (Å²) in [6, 6.07) is 9.90. The highest BCUT2D eigenvalue weighted by molar-refractivity contribution is 5.83. The first-order valence-electron chi connectivity index (χ1n) is 5.44. The molecule has 2 aromatic carbocycles. The van der Waals surface area contributed by atoms with Crippen LogP contribution in [-0.2, 0) is 0 Å². The second-order valence-electron chi connectivity index (χ2n) is 4.09. The minimum Gasteiger partial charge on any atom is -0.399 e. The van der Waals surface area contributed by atoms with E-state index < -0.39 is 5.82 Å². The molecule has 4 N–H and O–H groups in total. The second kappa shape index (κ2) is 3.73. The third kappa shape index (κ3) is 1.57. The largest absolute Gasteiger partial charge is 0.399 e. The number of anilines is 2. The molecular weight excluding hydrogens is 231 g/mol. The number of hydrogen-bond acceptors (Lipinski definition) is 3. The van der Waals surface area contributed by atoms with E-state index in [1.807, 2.05) is 6.07 Å². The van der Waals surface area contributed by atoms with Gasteiger partial charge in [-0.05, 0) is 36.4 Å². The van der Waals surface area contributed by atoms with Gasteiger partial charge >= 0.3 is 0 Å². The molecule has 0 spiro atoms. The Labute approximate surface area is 103 Å². The molecule has 0 unspecified atom stereocenters. The lowest BCUT2D eigenvalue weighted by atomic mass is 10.2. The summed E-state index contributed by atoms with van der Waals surface area (Å²) in [4.78, 5) is 0. The molecule has 0 aliphatic carbocycles. The summed E-state index contributed by atoms with van der Waals surface area (Å²) in [7, 11) is 0. The molecule has 0 saturated heterocycles. The molecule has 1 heterocycles. The first-order chi connectivity index (χ1) is 8.65. The number of benzene rings is 2. The maximum Gasteiger partial charge on any atom is 0.150 e. The molecule has 5 heteroatoms. The summed E-state index contributed by atoms with van der Waals surface area (Å²) >= 11 is 0. The number of aromatic nitrogens is 2. The average molecular weight is 242 g/mol. The van der Waals surface area contributed by atoms with Crippen LogP contribution in [0.5, 0.6) is 0 Å². The van der Waals surface area contributed by atoms with Gasteiger partial charge in [-0.15, -0.1) is 0 Å². The molecule has 0 fully saturated rings. The number of fused-ring (bicyclic) bond motifs is 1. The zero-order valence-electron chi connectivity index (χ0n) is 9.47. The first kappa shape index (κ1) is 10.6. The topological polar surface area (TPSA) is 69.9 Å².